The number of aryl methyl sites for hydroxylation is 1. The van der Waals surface area contributed by atoms with Gasteiger partial charge in [0.1, 0.15) is 22.8 Å². The number of β-lactam (4-membered cyclic amide) rings is 1. The maximum Gasteiger partial charge on any atom is 0.318 e. The number of amides is 1. The fraction of sp³-hybridized carbons (Fsp3) is 0.333. The third-order valence-corrected chi connectivity index (χ3v) is 7.48. The molecule has 184 valence electrons. The molecule has 2 aliphatic heterocycles. The molecular weight excluding hydrogens is 464 g/mol. The van der Waals surface area contributed by atoms with E-state index in [2.05, 4.69) is 20.3 Å². The lowest BCUT2D eigenvalue weighted by Gasteiger charge is -2.47. The van der Waals surface area contributed by atoms with E-state index >= 15 is 4.39 Å². The van der Waals surface area contributed by atoms with Crippen LogP contribution < -0.4 is 15.0 Å². The number of halogens is 2. The van der Waals surface area contributed by atoms with Gasteiger partial charge in [-0.15, -0.1) is 0 Å². The van der Waals surface area contributed by atoms with Gasteiger partial charge in [0.15, 0.2) is 5.82 Å². The molecule has 2 aromatic heterocycles. The largest absolute Gasteiger partial charge is 0.467 e. The number of nitrogens with zero attached hydrogens (tertiary/aromatic N) is 4. The maximum atomic E-state index is 16.2. The van der Waals surface area contributed by atoms with Crippen LogP contribution in [0.1, 0.15) is 25.3 Å². The van der Waals surface area contributed by atoms with Gasteiger partial charge in [0, 0.05) is 31.4 Å². The second-order valence-electron chi connectivity index (χ2n) is 9.49. The van der Waals surface area contributed by atoms with E-state index in [-0.39, 0.29) is 28.9 Å². The van der Waals surface area contributed by atoms with Gasteiger partial charge in [-0.2, -0.15) is 9.97 Å². The predicted octanol–water partition coefficient (Wildman–Crippen LogP) is 4.41. The molecule has 4 aromatic rings. The number of nitrogens with one attached hydrogen (secondary N) is 1. The standard InChI is InChI=1S/C27H25F2N5O2/c1-3-16-19(28)9-8-15-6-4-7-17(20(15)16)22-21(29)23-18(12-30-22)24(33-26(32-23)36-2)34-11-5-10-27(14-34)13-31-25(27)35/h4,6-9,12H,3,5,10-11,13-14H2,1-2H3,(H,31,35). The van der Waals surface area contributed by atoms with E-state index in [1.165, 1.54) is 13.2 Å². The van der Waals surface area contributed by atoms with Crippen LogP contribution in [0.3, 0.4) is 0 Å². The molecule has 1 N–H and O–H groups in total. The molecular formula is C27H25F2N5O2. The Bertz CT molecular complexity index is 1540. The van der Waals surface area contributed by atoms with E-state index < -0.39 is 11.2 Å². The van der Waals surface area contributed by atoms with E-state index in [4.69, 9.17) is 4.74 Å². The number of pyridine rings is 1. The monoisotopic (exact) mass is 489 g/mol. The van der Waals surface area contributed by atoms with Crippen LogP contribution in [0.4, 0.5) is 14.6 Å². The fourth-order valence-corrected chi connectivity index (χ4v) is 5.57. The van der Waals surface area contributed by atoms with Crippen molar-refractivity contribution in [1.82, 2.24) is 20.3 Å². The Labute approximate surface area is 206 Å². The molecule has 0 aliphatic carbocycles. The first-order valence-electron chi connectivity index (χ1n) is 12.1. The van der Waals surface area contributed by atoms with Gasteiger partial charge in [-0.25, -0.2) is 8.78 Å². The number of ether oxygens (including phenoxy) is 1. The van der Waals surface area contributed by atoms with Crippen molar-refractivity contribution in [2.45, 2.75) is 26.2 Å². The number of anilines is 1. The molecule has 1 atom stereocenters. The Morgan fingerprint density at radius 3 is 2.78 bits per heavy atom. The molecule has 7 nitrogen and oxygen atoms in total. The van der Waals surface area contributed by atoms with Gasteiger partial charge < -0.3 is 15.0 Å². The molecule has 2 fully saturated rings. The first-order valence-corrected chi connectivity index (χ1v) is 12.1. The molecule has 9 heteroatoms. The van der Waals surface area contributed by atoms with Crippen molar-refractivity contribution >= 4 is 33.4 Å². The van der Waals surface area contributed by atoms with Crippen LogP contribution in [0.15, 0.2) is 36.5 Å². The van der Waals surface area contributed by atoms with Crippen LogP contribution in [0.2, 0.25) is 0 Å². The Morgan fingerprint density at radius 2 is 2.06 bits per heavy atom. The second-order valence-corrected chi connectivity index (χ2v) is 9.49. The van der Waals surface area contributed by atoms with Crippen LogP contribution in [0.25, 0.3) is 32.9 Å². The molecule has 1 unspecified atom stereocenters. The van der Waals surface area contributed by atoms with Gasteiger partial charge in [0.05, 0.1) is 17.9 Å². The number of methoxy groups -OCH3 is 1. The van der Waals surface area contributed by atoms with Gasteiger partial charge in [-0.1, -0.05) is 31.2 Å². The molecule has 0 bridgehead atoms. The average molecular weight is 490 g/mol. The summed E-state index contributed by atoms with van der Waals surface area (Å²) in [5.74, 6) is -0.420. The average Bonchev–Trinajstić information content (AvgIpc) is 2.91. The van der Waals surface area contributed by atoms with Crippen LogP contribution in [-0.4, -0.2) is 47.6 Å². The molecule has 2 aliphatic rings. The van der Waals surface area contributed by atoms with Crippen LogP contribution in [0, 0.1) is 17.0 Å². The van der Waals surface area contributed by atoms with Crippen molar-refractivity contribution in [1.29, 1.82) is 0 Å². The van der Waals surface area contributed by atoms with Crippen molar-refractivity contribution in [3.63, 3.8) is 0 Å². The first-order chi connectivity index (χ1) is 17.5. The summed E-state index contributed by atoms with van der Waals surface area (Å²) in [6, 6.07) is 8.60. The zero-order valence-electron chi connectivity index (χ0n) is 20.1. The molecule has 6 rings (SSSR count). The molecule has 0 radical (unpaired) electrons. The van der Waals surface area contributed by atoms with E-state index in [0.29, 0.717) is 53.8 Å². The summed E-state index contributed by atoms with van der Waals surface area (Å²) in [5, 5.41) is 4.73. The van der Waals surface area contributed by atoms with Gasteiger partial charge in [-0.3, -0.25) is 9.78 Å². The lowest BCUT2D eigenvalue weighted by atomic mass is 9.74. The van der Waals surface area contributed by atoms with Crippen molar-refractivity contribution in [3.05, 3.63) is 53.7 Å². The third-order valence-electron chi connectivity index (χ3n) is 7.48. The molecule has 4 heterocycles. The number of aromatic nitrogens is 3. The molecule has 2 aromatic carbocycles. The Morgan fingerprint density at radius 1 is 1.19 bits per heavy atom. The SMILES string of the molecule is CCc1c(F)ccc2cccc(-c3ncc4c(N5CCCC6(CNC6=O)C5)nc(OC)nc4c3F)c12. The van der Waals surface area contributed by atoms with Gasteiger partial charge in [0.25, 0.3) is 0 Å². The summed E-state index contributed by atoms with van der Waals surface area (Å²) in [5.41, 5.74) is 0.742. The molecule has 2 saturated heterocycles. The highest BCUT2D eigenvalue weighted by Crippen LogP contribution is 2.40. The molecule has 1 amide bonds. The summed E-state index contributed by atoms with van der Waals surface area (Å²) in [6.07, 6.45) is 3.65. The zero-order chi connectivity index (χ0) is 25.0. The summed E-state index contributed by atoms with van der Waals surface area (Å²) in [4.78, 5) is 27.7. The Kier molecular flexibility index (Phi) is 5.24. The molecule has 1 spiro atoms. The van der Waals surface area contributed by atoms with Crippen molar-refractivity contribution in [3.8, 4) is 17.3 Å². The molecule has 0 saturated carbocycles. The number of hydrogen-bond acceptors (Lipinski definition) is 6. The maximum absolute atomic E-state index is 16.2. The van der Waals surface area contributed by atoms with E-state index in [0.717, 1.165) is 18.2 Å². The summed E-state index contributed by atoms with van der Waals surface area (Å²) < 4.78 is 36.2. The lowest BCUT2D eigenvalue weighted by Crippen LogP contribution is -2.65. The minimum Gasteiger partial charge on any atom is -0.467 e. The second kappa shape index (κ2) is 8.36. The highest BCUT2D eigenvalue weighted by atomic mass is 19.1. The minimum atomic E-state index is -0.624. The number of rotatable bonds is 4. The van der Waals surface area contributed by atoms with E-state index in [1.54, 1.807) is 18.3 Å². The van der Waals surface area contributed by atoms with Crippen LogP contribution in [-0.2, 0) is 11.2 Å². The van der Waals surface area contributed by atoms with Gasteiger partial charge >= 0.3 is 6.01 Å². The van der Waals surface area contributed by atoms with Crippen LogP contribution >= 0.6 is 0 Å². The topological polar surface area (TPSA) is 80.2 Å². The summed E-state index contributed by atoms with van der Waals surface area (Å²) >= 11 is 0. The van der Waals surface area contributed by atoms with Crippen molar-refractivity contribution in [2.24, 2.45) is 5.41 Å². The normalized spacial score (nSPS) is 19.6. The zero-order valence-corrected chi connectivity index (χ0v) is 20.1. The quantitative estimate of drug-likeness (QED) is 0.428. The van der Waals surface area contributed by atoms with Crippen molar-refractivity contribution < 1.29 is 18.3 Å². The van der Waals surface area contributed by atoms with E-state index in [1.807, 2.05) is 24.0 Å². The first kappa shape index (κ1) is 22.6. The smallest absolute Gasteiger partial charge is 0.318 e. The highest BCUT2D eigenvalue weighted by molar-refractivity contribution is 6.01. The Balaban J connectivity index is 1.54. The fourth-order valence-electron chi connectivity index (χ4n) is 5.57. The highest BCUT2D eigenvalue weighted by Gasteiger charge is 2.49. The Hall–Kier alpha value is -3.88. The van der Waals surface area contributed by atoms with Crippen LogP contribution in [0.5, 0.6) is 6.01 Å². The summed E-state index contributed by atoms with van der Waals surface area (Å²) in [6.45, 7) is 3.66. The lowest BCUT2D eigenvalue weighted by molar-refractivity contribution is -0.140. The number of fused-ring (bicyclic) bond motifs is 2. The van der Waals surface area contributed by atoms with E-state index in [9.17, 15) is 9.18 Å². The number of carbonyl (C=O) groups is 1. The summed E-state index contributed by atoms with van der Waals surface area (Å²) in [7, 11) is 1.43. The van der Waals surface area contributed by atoms with Gasteiger partial charge in [0.2, 0.25) is 5.91 Å². The number of hydrogen-bond donors (Lipinski definition) is 1. The van der Waals surface area contributed by atoms with Gasteiger partial charge in [-0.05, 0) is 41.7 Å². The number of carbonyl (C=O) groups excluding carboxylic acids is 1. The molecule has 36 heavy (non-hydrogen) atoms. The number of benzene rings is 2. The minimum absolute atomic E-state index is 0.0319. The predicted molar refractivity (Wildman–Crippen MR) is 133 cm³/mol. The number of piperidine rings is 1. The van der Waals surface area contributed by atoms with Crippen molar-refractivity contribution in [2.75, 3.05) is 31.6 Å². The third kappa shape index (κ3) is 3.29.